The van der Waals surface area contributed by atoms with Crippen LogP contribution in [0, 0.1) is 6.92 Å². The monoisotopic (exact) mass is 257 g/mol. The standard InChI is InChI=1S/C7H8O3S.C5H11N/c1-6-2-4-7(5-3-6)11(8,9)10;1-6-4-2-3-5-6/h2-5H,1H3,(H,8,9,10);2-5H2,1H3. The third-order valence-electron chi connectivity index (χ3n) is 2.77. The summed E-state index contributed by atoms with van der Waals surface area (Å²) < 4.78 is 31.2. The van der Waals surface area contributed by atoms with E-state index in [4.69, 9.17) is 0 Å². The second-order valence-electron chi connectivity index (χ2n) is 4.43. The average molecular weight is 257 g/mol. The van der Waals surface area contributed by atoms with Crippen LogP contribution in [0.5, 0.6) is 0 Å². The van der Waals surface area contributed by atoms with Crippen LogP contribution in [-0.2, 0) is 10.1 Å². The zero-order valence-corrected chi connectivity index (χ0v) is 11.1. The number of nitrogens with one attached hydrogen (secondary N) is 1. The molecule has 17 heavy (non-hydrogen) atoms. The lowest BCUT2D eigenvalue weighted by Gasteiger charge is -2.05. The molecule has 0 aliphatic carbocycles. The Hall–Kier alpha value is -0.910. The Morgan fingerprint density at radius 2 is 1.59 bits per heavy atom. The summed E-state index contributed by atoms with van der Waals surface area (Å²) in [4.78, 5) is 1.53. The predicted molar refractivity (Wildman–Crippen MR) is 65.0 cm³/mol. The van der Waals surface area contributed by atoms with Gasteiger partial charge in [-0.2, -0.15) is 0 Å². The summed E-state index contributed by atoms with van der Waals surface area (Å²) in [6, 6.07) is 5.78. The van der Waals surface area contributed by atoms with Crippen LogP contribution in [0.1, 0.15) is 18.4 Å². The second kappa shape index (κ2) is 6.14. The quantitative estimate of drug-likeness (QED) is 0.731. The van der Waals surface area contributed by atoms with Crippen LogP contribution in [0.15, 0.2) is 29.2 Å². The molecule has 0 amide bonds. The van der Waals surface area contributed by atoms with Crippen molar-refractivity contribution >= 4 is 10.1 Å². The molecule has 1 aliphatic heterocycles. The molecule has 1 aromatic rings. The molecule has 0 atom stereocenters. The molecular formula is C12H19NO3S. The van der Waals surface area contributed by atoms with E-state index in [2.05, 4.69) is 7.05 Å². The number of benzene rings is 1. The van der Waals surface area contributed by atoms with Gasteiger partial charge in [-0.3, -0.25) is 0 Å². The third-order valence-corrected chi connectivity index (χ3v) is 3.62. The highest BCUT2D eigenvalue weighted by Crippen LogP contribution is 2.08. The first-order valence-corrected chi connectivity index (χ1v) is 7.14. The Labute approximate surface area is 103 Å². The van der Waals surface area contributed by atoms with Gasteiger partial charge < -0.3 is 9.45 Å². The summed E-state index contributed by atoms with van der Waals surface area (Å²) in [7, 11) is -2.01. The number of hydrogen-bond donors (Lipinski definition) is 1. The van der Waals surface area contributed by atoms with E-state index in [9.17, 15) is 13.0 Å². The molecule has 0 aromatic heterocycles. The van der Waals surface area contributed by atoms with Crippen molar-refractivity contribution in [2.45, 2.75) is 24.7 Å². The van der Waals surface area contributed by atoms with Crippen molar-refractivity contribution in [2.24, 2.45) is 0 Å². The van der Waals surface area contributed by atoms with Crippen molar-refractivity contribution in [1.29, 1.82) is 0 Å². The fraction of sp³-hybridized carbons (Fsp3) is 0.500. The largest absolute Gasteiger partial charge is 0.744 e. The predicted octanol–water partition coefficient (Wildman–Crippen LogP) is 0.194. The molecule has 1 heterocycles. The van der Waals surface area contributed by atoms with Crippen LogP contribution in [0.25, 0.3) is 0 Å². The summed E-state index contributed by atoms with van der Waals surface area (Å²) in [6.45, 7) is 4.63. The zero-order valence-electron chi connectivity index (χ0n) is 10.3. The number of aryl methyl sites for hydroxylation is 1. The first-order chi connectivity index (χ1) is 7.89. The van der Waals surface area contributed by atoms with Gasteiger partial charge in [-0.25, -0.2) is 8.42 Å². The Morgan fingerprint density at radius 1 is 1.12 bits per heavy atom. The van der Waals surface area contributed by atoms with Gasteiger partial charge in [0.2, 0.25) is 0 Å². The number of quaternary nitrogens is 1. The summed E-state index contributed by atoms with van der Waals surface area (Å²) in [5.74, 6) is 0. The van der Waals surface area contributed by atoms with E-state index in [1.807, 2.05) is 6.92 Å². The van der Waals surface area contributed by atoms with Crippen molar-refractivity contribution in [1.82, 2.24) is 0 Å². The van der Waals surface area contributed by atoms with Crippen molar-refractivity contribution in [2.75, 3.05) is 20.1 Å². The molecule has 5 heteroatoms. The normalized spacial score (nSPS) is 16.4. The molecule has 1 N–H and O–H groups in total. The van der Waals surface area contributed by atoms with Crippen LogP contribution < -0.4 is 4.90 Å². The van der Waals surface area contributed by atoms with Crippen molar-refractivity contribution in [3.05, 3.63) is 29.8 Å². The van der Waals surface area contributed by atoms with Crippen molar-refractivity contribution in [3.8, 4) is 0 Å². The molecule has 1 saturated heterocycles. The first kappa shape index (κ1) is 14.2. The molecule has 96 valence electrons. The molecule has 1 aromatic carbocycles. The SMILES string of the molecule is C[NH+]1CCCC1.Cc1ccc(S(=O)(=O)[O-])cc1. The molecule has 0 unspecified atom stereocenters. The van der Waals surface area contributed by atoms with Gasteiger partial charge in [-0.1, -0.05) is 17.7 Å². The fourth-order valence-corrected chi connectivity index (χ4v) is 2.15. The number of hydrogen-bond acceptors (Lipinski definition) is 3. The van der Waals surface area contributed by atoms with Crippen LogP contribution in [-0.4, -0.2) is 33.1 Å². The van der Waals surface area contributed by atoms with Crippen LogP contribution in [0.4, 0.5) is 0 Å². The van der Waals surface area contributed by atoms with Crippen LogP contribution >= 0.6 is 0 Å². The summed E-state index contributed by atoms with van der Waals surface area (Å²) in [5.41, 5.74) is 0.928. The molecule has 0 radical (unpaired) electrons. The van der Waals surface area contributed by atoms with Gasteiger partial charge >= 0.3 is 0 Å². The molecule has 0 spiro atoms. The van der Waals surface area contributed by atoms with E-state index in [-0.39, 0.29) is 4.90 Å². The van der Waals surface area contributed by atoms with Gasteiger partial charge in [-0.15, -0.1) is 0 Å². The first-order valence-electron chi connectivity index (χ1n) is 5.73. The van der Waals surface area contributed by atoms with E-state index in [1.165, 1.54) is 38.1 Å². The van der Waals surface area contributed by atoms with Crippen molar-refractivity contribution in [3.63, 3.8) is 0 Å². The highest BCUT2D eigenvalue weighted by atomic mass is 32.2. The average Bonchev–Trinajstić information content (AvgIpc) is 2.69. The number of rotatable bonds is 1. The maximum absolute atomic E-state index is 10.4. The summed E-state index contributed by atoms with van der Waals surface area (Å²) >= 11 is 0. The van der Waals surface area contributed by atoms with Gasteiger partial charge in [0.25, 0.3) is 0 Å². The Kier molecular flexibility index (Phi) is 5.11. The molecule has 1 fully saturated rings. The van der Waals surface area contributed by atoms with Gasteiger partial charge in [0.15, 0.2) is 0 Å². The lowest BCUT2D eigenvalue weighted by Crippen LogP contribution is -3.06. The van der Waals surface area contributed by atoms with E-state index in [0.717, 1.165) is 5.56 Å². The highest BCUT2D eigenvalue weighted by Gasteiger charge is 2.07. The molecular weight excluding hydrogens is 238 g/mol. The van der Waals surface area contributed by atoms with E-state index < -0.39 is 10.1 Å². The Balaban J connectivity index is 0.000000202. The second-order valence-corrected chi connectivity index (χ2v) is 5.81. The third kappa shape index (κ3) is 5.30. The minimum absolute atomic E-state index is 0.178. The summed E-state index contributed by atoms with van der Waals surface area (Å²) in [5, 5.41) is 0. The van der Waals surface area contributed by atoms with Gasteiger partial charge in [0, 0.05) is 12.8 Å². The smallest absolute Gasteiger partial charge is 0.124 e. The molecule has 4 nitrogen and oxygen atoms in total. The van der Waals surface area contributed by atoms with Crippen molar-refractivity contribution < 1.29 is 17.9 Å². The van der Waals surface area contributed by atoms with E-state index in [0.29, 0.717) is 0 Å². The van der Waals surface area contributed by atoms with Crippen LogP contribution in [0.2, 0.25) is 0 Å². The maximum Gasteiger partial charge on any atom is 0.124 e. The Bertz CT molecular complexity index is 433. The van der Waals surface area contributed by atoms with E-state index in [1.54, 1.807) is 17.0 Å². The number of likely N-dealkylation sites (tertiary alicyclic amines) is 1. The fourth-order valence-electron chi connectivity index (χ4n) is 1.68. The van der Waals surface area contributed by atoms with Gasteiger partial charge in [-0.05, 0) is 19.1 Å². The lowest BCUT2D eigenvalue weighted by molar-refractivity contribution is -0.866. The topological polar surface area (TPSA) is 61.6 Å². The zero-order chi connectivity index (χ0) is 12.9. The highest BCUT2D eigenvalue weighted by molar-refractivity contribution is 7.85. The Morgan fingerprint density at radius 3 is 1.88 bits per heavy atom. The van der Waals surface area contributed by atoms with Crippen LogP contribution in [0.3, 0.4) is 0 Å². The van der Waals surface area contributed by atoms with Gasteiger partial charge in [0.05, 0.1) is 25.0 Å². The molecule has 0 bridgehead atoms. The molecule has 1 aliphatic rings. The minimum atomic E-state index is -4.27. The lowest BCUT2D eigenvalue weighted by atomic mass is 10.2. The molecule has 2 rings (SSSR count). The summed E-state index contributed by atoms with van der Waals surface area (Å²) in [6.07, 6.45) is 2.90. The minimum Gasteiger partial charge on any atom is -0.744 e. The molecule has 0 saturated carbocycles. The van der Waals surface area contributed by atoms with E-state index >= 15 is 0 Å². The maximum atomic E-state index is 10.4. The van der Waals surface area contributed by atoms with Gasteiger partial charge in [0.1, 0.15) is 10.1 Å².